The minimum atomic E-state index is -0.610. The molecule has 1 unspecified atom stereocenters. The molecule has 0 spiro atoms. The van der Waals surface area contributed by atoms with Gasteiger partial charge < -0.3 is 15.8 Å². The Balaban J connectivity index is 2.20. The van der Waals surface area contributed by atoms with E-state index >= 15 is 0 Å². The van der Waals surface area contributed by atoms with Crippen molar-refractivity contribution in [3.63, 3.8) is 0 Å². The highest BCUT2D eigenvalue weighted by Gasteiger charge is 2.17. The van der Waals surface area contributed by atoms with Gasteiger partial charge in [0.25, 0.3) is 0 Å². The number of benzene rings is 2. The SMILES string of the molecule is COc1ccc(NC(C(N)=O)c2ccc(Cl)cc2)cc1. The van der Waals surface area contributed by atoms with E-state index in [4.69, 9.17) is 22.1 Å². The van der Waals surface area contributed by atoms with Crippen LogP contribution < -0.4 is 15.8 Å². The molecule has 2 aromatic rings. The van der Waals surface area contributed by atoms with Gasteiger partial charge in [-0.05, 0) is 42.0 Å². The summed E-state index contributed by atoms with van der Waals surface area (Å²) in [6.45, 7) is 0. The summed E-state index contributed by atoms with van der Waals surface area (Å²) in [5, 5.41) is 3.70. The maximum atomic E-state index is 11.6. The number of methoxy groups -OCH3 is 1. The maximum Gasteiger partial charge on any atom is 0.244 e. The highest BCUT2D eigenvalue weighted by molar-refractivity contribution is 6.30. The molecule has 104 valence electrons. The third-order valence-corrected chi connectivity index (χ3v) is 3.14. The number of hydrogen-bond donors (Lipinski definition) is 2. The molecule has 0 heterocycles. The number of carbonyl (C=O) groups is 1. The fourth-order valence-corrected chi connectivity index (χ4v) is 1.95. The molecule has 2 rings (SSSR count). The van der Waals surface area contributed by atoms with Gasteiger partial charge in [-0.15, -0.1) is 0 Å². The molecule has 0 aliphatic carbocycles. The minimum absolute atomic E-state index is 0.455. The molecule has 0 saturated carbocycles. The van der Waals surface area contributed by atoms with Crippen LogP contribution in [0.4, 0.5) is 5.69 Å². The second-order valence-corrected chi connectivity index (χ2v) is 4.70. The first-order chi connectivity index (χ1) is 9.60. The number of carbonyl (C=O) groups excluding carboxylic acids is 1. The van der Waals surface area contributed by atoms with Crippen molar-refractivity contribution >= 4 is 23.2 Å². The summed E-state index contributed by atoms with van der Waals surface area (Å²) in [6.07, 6.45) is 0. The fourth-order valence-electron chi connectivity index (χ4n) is 1.83. The molecule has 2 aromatic carbocycles. The van der Waals surface area contributed by atoms with Crippen LogP contribution in [0.2, 0.25) is 5.02 Å². The molecule has 0 bridgehead atoms. The van der Waals surface area contributed by atoms with Gasteiger partial charge in [-0.1, -0.05) is 23.7 Å². The Morgan fingerprint density at radius 1 is 1.15 bits per heavy atom. The Hall–Kier alpha value is -2.20. The third-order valence-electron chi connectivity index (χ3n) is 2.89. The molecule has 1 amide bonds. The first-order valence-electron chi connectivity index (χ1n) is 6.05. The molecule has 0 aliphatic rings. The van der Waals surface area contributed by atoms with Crippen LogP contribution in [0.5, 0.6) is 5.75 Å². The number of hydrogen-bond acceptors (Lipinski definition) is 3. The van der Waals surface area contributed by atoms with Crippen LogP contribution >= 0.6 is 11.6 Å². The number of amides is 1. The lowest BCUT2D eigenvalue weighted by Gasteiger charge is -2.17. The van der Waals surface area contributed by atoms with Crippen molar-refractivity contribution in [2.75, 3.05) is 12.4 Å². The van der Waals surface area contributed by atoms with Crippen molar-refractivity contribution in [1.82, 2.24) is 0 Å². The Kier molecular flexibility index (Phi) is 4.48. The number of anilines is 1. The van der Waals surface area contributed by atoms with E-state index in [1.165, 1.54) is 0 Å². The van der Waals surface area contributed by atoms with Crippen molar-refractivity contribution in [2.24, 2.45) is 5.73 Å². The average Bonchev–Trinajstić information content (AvgIpc) is 2.46. The smallest absolute Gasteiger partial charge is 0.244 e. The fraction of sp³-hybridized carbons (Fsp3) is 0.133. The van der Waals surface area contributed by atoms with E-state index in [0.717, 1.165) is 17.0 Å². The standard InChI is InChI=1S/C15H15ClN2O2/c1-20-13-8-6-12(7-9-13)18-14(15(17)19)10-2-4-11(16)5-3-10/h2-9,14,18H,1H3,(H2,17,19). The molecule has 0 aliphatic heterocycles. The molecular weight excluding hydrogens is 276 g/mol. The number of halogens is 1. The summed E-state index contributed by atoms with van der Waals surface area (Å²) >= 11 is 5.84. The average molecular weight is 291 g/mol. The lowest BCUT2D eigenvalue weighted by atomic mass is 10.1. The molecule has 0 radical (unpaired) electrons. The number of nitrogens with one attached hydrogen (secondary N) is 1. The molecule has 4 nitrogen and oxygen atoms in total. The first-order valence-corrected chi connectivity index (χ1v) is 6.43. The van der Waals surface area contributed by atoms with Gasteiger partial charge >= 0.3 is 0 Å². The van der Waals surface area contributed by atoms with E-state index in [1.54, 1.807) is 31.4 Å². The predicted octanol–water partition coefficient (Wildman–Crippen LogP) is 2.99. The van der Waals surface area contributed by atoms with Crippen LogP contribution in [0.3, 0.4) is 0 Å². The monoisotopic (exact) mass is 290 g/mol. The van der Waals surface area contributed by atoms with Crippen LogP contribution in [0.15, 0.2) is 48.5 Å². The van der Waals surface area contributed by atoms with Crippen molar-refractivity contribution in [2.45, 2.75) is 6.04 Å². The Morgan fingerprint density at radius 2 is 1.75 bits per heavy atom. The van der Waals surface area contributed by atoms with E-state index in [0.29, 0.717) is 5.02 Å². The summed E-state index contributed by atoms with van der Waals surface area (Å²) in [7, 11) is 1.60. The van der Waals surface area contributed by atoms with Crippen molar-refractivity contribution < 1.29 is 9.53 Å². The largest absolute Gasteiger partial charge is 0.497 e. The third kappa shape index (κ3) is 3.42. The first kappa shape index (κ1) is 14.2. The summed E-state index contributed by atoms with van der Waals surface area (Å²) in [4.78, 5) is 11.6. The van der Waals surface area contributed by atoms with Crippen molar-refractivity contribution in [3.8, 4) is 5.75 Å². The van der Waals surface area contributed by atoms with Crippen LogP contribution in [-0.2, 0) is 4.79 Å². The molecule has 0 fully saturated rings. The molecule has 3 N–H and O–H groups in total. The van der Waals surface area contributed by atoms with Gasteiger partial charge in [0.15, 0.2) is 0 Å². The van der Waals surface area contributed by atoms with Crippen LogP contribution in [-0.4, -0.2) is 13.0 Å². The van der Waals surface area contributed by atoms with E-state index in [9.17, 15) is 4.79 Å². The zero-order valence-electron chi connectivity index (χ0n) is 11.0. The Labute approximate surface area is 122 Å². The topological polar surface area (TPSA) is 64.3 Å². The van der Waals surface area contributed by atoms with Crippen LogP contribution in [0, 0.1) is 0 Å². The molecule has 1 atom stereocenters. The normalized spacial score (nSPS) is 11.7. The van der Waals surface area contributed by atoms with Crippen molar-refractivity contribution in [3.05, 3.63) is 59.1 Å². The van der Waals surface area contributed by atoms with Crippen molar-refractivity contribution in [1.29, 1.82) is 0 Å². The molecule has 5 heteroatoms. The zero-order chi connectivity index (χ0) is 14.5. The van der Waals surface area contributed by atoms with Gasteiger partial charge in [-0.2, -0.15) is 0 Å². The molecule has 0 saturated heterocycles. The zero-order valence-corrected chi connectivity index (χ0v) is 11.7. The van der Waals surface area contributed by atoms with E-state index in [1.807, 2.05) is 24.3 Å². The number of nitrogens with two attached hydrogens (primary N) is 1. The molecular formula is C15H15ClN2O2. The molecule has 0 aromatic heterocycles. The highest BCUT2D eigenvalue weighted by Crippen LogP contribution is 2.22. The van der Waals surface area contributed by atoms with Gasteiger partial charge in [0.05, 0.1) is 7.11 Å². The highest BCUT2D eigenvalue weighted by atomic mass is 35.5. The lowest BCUT2D eigenvalue weighted by molar-refractivity contribution is -0.118. The summed E-state index contributed by atoms with van der Waals surface area (Å²) in [6, 6.07) is 13.6. The maximum absolute atomic E-state index is 11.6. The molecule has 20 heavy (non-hydrogen) atoms. The van der Waals surface area contributed by atoms with Crippen LogP contribution in [0.1, 0.15) is 11.6 Å². The predicted molar refractivity (Wildman–Crippen MR) is 80.0 cm³/mol. The number of rotatable bonds is 5. The lowest BCUT2D eigenvalue weighted by Crippen LogP contribution is -2.27. The number of ether oxygens (including phenoxy) is 1. The summed E-state index contributed by atoms with van der Waals surface area (Å²) in [5.74, 6) is 0.292. The summed E-state index contributed by atoms with van der Waals surface area (Å²) < 4.78 is 5.09. The van der Waals surface area contributed by atoms with Gasteiger partial charge in [-0.25, -0.2) is 0 Å². The van der Waals surface area contributed by atoms with Gasteiger partial charge in [0.1, 0.15) is 11.8 Å². The number of primary amides is 1. The van der Waals surface area contributed by atoms with Gasteiger partial charge in [0.2, 0.25) is 5.91 Å². The second-order valence-electron chi connectivity index (χ2n) is 4.26. The Morgan fingerprint density at radius 3 is 2.25 bits per heavy atom. The van der Waals surface area contributed by atoms with Crippen LogP contribution in [0.25, 0.3) is 0 Å². The van der Waals surface area contributed by atoms with Gasteiger partial charge in [0, 0.05) is 10.7 Å². The van der Waals surface area contributed by atoms with Gasteiger partial charge in [-0.3, -0.25) is 4.79 Å². The quantitative estimate of drug-likeness (QED) is 0.890. The summed E-state index contributed by atoms with van der Waals surface area (Å²) in [5.41, 5.74) is 7.00. The van der Waals surface area contributed by atoms with E-state index < -0.39 is 11.9 Å². The Bertz CT molecular complexity index is 582. The van der Waals surface area contributed by atoms with E-state index in [2.05, 4.69) is 5.32 Å². The van der Waals surface area contributed by atoms with E-state index in [-0.39, 0.29) is 0 Å². The minimum Gasteiger partial charge on any atom is -0.497 e. The second kappa shape index (κ2) is 6.30.